The monoisotopic (exact) mass is 283 g/mol. The molecule has 1 atom stereocenters. The number of hydrogen-bond donors (Lipinski definition) is 2. The molecule has 4 nitrogen and oxygen atoms in total. The van der Waals surface area contributed by atoms with Crippen LogP contribution in [-0.2, 0) is 4.79 Å². The first-order valence-electron chi connectivity index (χ1n) is 5.70. The molecule has 1 aliphatic rings. The van der Waals surface area contributed by atoms with Crippen LogP contribution in [0.25, 0.3) is 10.2 Å². The fourth-order valence-corrected chi connectivity index (χ4v) is 2.79. The highest BCUT2D eigenvalue weighted by atomic mass is 35.5. The van der Waals surface area contributed by atoms with Crippen LogP contribution in [0.5, 0.6) is 0 Å². The van der Waals surface area contributed by atoms with E-state index in [2.05, 4.69) is 15.6 Å². The maximum atomic E-state index is 11.9. The molecule has 0 spiro atoms. The molecule has 2 heterocycles. The first-order valence-corrected chi connectivity index (χ1v) is 6.58. The van der Waals surface area contributed by atoms with Gasteiger partial charge in [0.15, 0.2) is 0 Å². The third-order valence-corrected chi connectivity index (χ3v) is 3.77. The third-order valence-electron chi connectivity index (χ3n) is 2.98. The van der Waals surface area contributed by atoms with Gasteiger partial charge in [0.2, 0.25) is 5.91 Å². The van der Waals surface area contributed by atoms with Crippen molar-refractivity contribution in [1.29, 1.82) is 0 Å². The molecule has 96 valence electrons. The molecule has 0 bridgehead atoms. The van der Waals surface area contributed by atoms with E-state index in [-0.39, 0.29) is 24.4 Å². The fraction of sp³-hybridized carbons (Fsp3) is 0.333. The second-order valence-corrected chi connectivity index (χ2v) is 5.06. The van der Waals surface area contributed by atoms with E-state index in [1.807, 2.05) is 23.7 Å². The summed E-state index contributed by atoms with van der Waals surface area (Å²) in [5.41, 5.74) is 3.64. The molecule has 1 saturated heterocycles. The van der Waals surface area contributed by atoms with E-state index in [0.29, 0.717) is 0 Å². The zero-order valence-electron chi connectivity index (χ0n) is 9.68. The molecule has 1 aromatic heterocycles. The van der Waals surface area contributed by atoms with Gasteiger partial charge in [0.25, 0.3) is 0 Å². The standard InChI is InChI=1S/C12H13N3OS.ClH/c16-12(10-2-1-5-13-10)15-8-3-4-9-11(6-8)17-7-14-9;/h3-4,6-7,10,13H,1-2,5H2,(H,15,16);1H. The topological polar surface area (TPSA) is 54.0 Å². The van der Waals surface area contributed by atoms with Crippen LogP contribution in [0, 0.1) is 0 Å². The highest BCUT2D eigenvalue weighted by molar-refractivity contribution is 7.16. The van der Waals surface area contributed by atoms with E-state index >= 15 is 0 Å². The quantitative estimate of drug-likeness (QED) is 0.890. The summed E-state index contributed by atoms with van der Waals surface area (Å²) in [5, 5.41) is 6.13. The van der Waals surface area contributed by atoms with Crippen LogP contribution in [0.4, 0.5) is 5.69 Å². The van der Waals surface area contributed by atoms with Crippen LogP contribution >= 0.6 is 23.7 Å². The Balaban J connectivity index is 0.00000120. The van der Waals surface area contributed by atoms with Gasteiger partial charge in [-0.3, -0.25) is 4.79 Å². The number of aromatic nitrogens is 1. The van der Waals surface area contributed by atoms with Gasteiger partial charge >= 0.3 is 0 Å². The lowest BCUT2D eigenvalue weighted by atomic mass is 10.2. The Morgan fingerprint density at radius 1 is 1.50 bits per heavy atom. The van der Waals surface area contributed by atoms with Gasteiger partial charge in [-0.15, -0.1) is 23.7 Å². The van der Waals surface area contributed by atoms with Crippen molar-refractivity contribution in [2.24, 2.45) is 0 Å². The van der Waals surface area contributed by atoms with Crippen molar-refractivity contribution in [2.45, 2.75) is 18.9 Å². The van der Waals surface area contributed by atoms with Gasteiger partial charge in [-0.2, -0.15) is 0 Å². The van der Waals surface area contributed by atoms with Crippen LogP contribution < -0.4 is 10.6 Å². The summed E-state index contributed by atoms with van der Waals surface area (Å²) in [7, 11) is 0. The number of carbonyl (C=O) groups excluding carboxylic acids is 1. The first kappa shape index (κ1) is 13.3. The molecular formula is C12H14ClN3OS. The van der Waals surface area contributed by atoms with Crippen LogP contribution in [0.15, 0.2) is 23.7 Å². The van der Waals surface area contributed by atoms with E-state index in [1.54, 1.807) is 11.3 Å². The predicted octanol–water partition coefficient (Wildman–Crippen LogP) is 2.41. The summed E-state index contributed by atoms with van der Waals surface area (Å²) in [6, 6.07) is 5.77. The summed E-state index contributed by atoms with van der Waals surface area (Å²) in [6.45, 7) is 0.936. The van der Waals surface area contributed by atoms with Gasteiger partial charge in [0.1, 0.15) is 0 Å². The van der Waals surface area contributed by atoms with Crippen molar-refractivity contribution >= 4 is 45.6 Å². The molecule has 0 aliphatic carbocycles. The first-order chi connectivity index (χ1) is 8.33. The van der Waals surface area contributed by atoms with Gasteiger partial charge in [-0.05, 0) is 37.6 Å². The van der Waals surface area contributed by atoms with Gasteiger partial charge in [0, 0.05) is 5.69 Å². The molecule has 1 aromatic carbocycles. The Labute approximate surface area is 115 Å². The van der Waals surface area contributed by atoms with E-state index in [0.717, 1.165) is 35.3 Å². The summed E-state index contributed by atoms with van der Waals surface area (Å²) >= 11 is 1.58. The second kappa shape index (κ2) is 5.65. The van der Waals surface area contributed by atoms with Crippen molar-refractivity contribution in [3.05, 3.63) is 23.7 Å². The number of fused-ring (bicyclic) bond motifs is 1. The molecule has 1 fully saturated rings. The van der Waals surface area contributed by atoms with E-state index < -0.39 is 0 Å². The minimum atomic E-state index is -0.0350. The number of amides is 1. The van der Waals surface area contributed by atoms with Crippen molar-refractivity contribution in [1.82, 2.24) is 10.3 Å². The third kappa shape index (κ3) is 2.63. The smallest absolute Gasteiger partial charge is 0.241 e. The number of nitrogens with one attached hydrogen (secondary N) is 2. The highest BCUT2D eigenvalue weighted by Crippen LogP contribution is 2.22. The molecule has 2 N–H and O–H groups in total. The highest BCUT2D eigenvalue weighted by Gasteiger charge is 2.21. The largest absolute Gasteiger partial charge is 0.325 e. The number of halogens is 1. The molecule has 2 aromatic rings. The summed E-state index contributed by atoms with van der Waals surface area (Å²) in [4.78, 5) is 16.1. The van der Waals surface area contributed by atoms with Crippen LogP contribution in [-0.4, -0.2) is 23.5 Å². The average Bonchev–Trinajstić information content (AvgIpc) is 2.99. The maximum Gasteiger partial charge on any atom is 0.241 e. The average molecular weight is 284 g/mol. The summed E-state index contributed by atoms with van der Waals surface area (Å²) in [5.74, 6) is 0.0614. The van der Waals surface area contributed by atoms with Gasteiger partial charge < -0.3 is 10.6 Å². The van der Waals surface area contributed by atoms with Crippen LogP contribution in [0.2, 0.25) is 0 Å². The van der Waals surface area contributed by atoms with Crippen molar-refractivity contribution < 1.29 is 4.79 Å². The molecule has 3 rings (SSSR count). The maximum absolute atomic E-state index is 11.9. The molecule has 1 amide bonds. The minimum Gasteiger partial charge on any atom is -0.325 e. The predicted molar refractivity (Wildman–Crippen MR) is 76.5 cm³/mol. The summed E-state index contributed by atoms with van der Waals surface area (Å²) < 4.78 is 1.10. The van der Waals surface area contributed by atoms with Crippen LogP contribution in [0.1, 0.15) is 12.8 Å². The molecule has 1 aliphatic heterocycles. The molecule has 1 unspecified atom stereocenters. The number of nitrogens with zero attached hydrogens (tertiary/aromatic N) is 1. The normalized spacial score (nSPS) is 18.6. The van der Waals surface area contributed by atoms with E-state index in [4.69, 9.17) is 0 Å². The fourth-order valence-electron chi connectivity index (χ4n) is 2.07. The molecule has 6 heteroatoms. The zero-order valence-corrected chi connectivity index (χ0v) is 11.3. The lowest BCUT2D eigenvalue weighted by molar-refractivity contribution is -0.117. The Morgan fingerprint density at radius 3 is 3.17 bits per heavy atom. The molecule has 0 radical (unpaired) electrons. The molecular weight excluding hydrogens is 270 g/mol. The Kier molecular flexibility index (Phi) is 4.16. The SMILES string of the molecule is Cl.O=C(Nc1ccc2ncsc2c1)C1CCCN1. The minimum absolute atomic E-state index is 0. The Morgan fingerprint density at radius 2 is 2.39 bits per heavy atom. The van der Waals surface area contributed by atoms with Crippen LogP contribution in [0.3, 0.4) is 0 Å². The summed E-state index contributed by atoms with van der Waals surface area (Å²) in [6.07, 6.45) is 2.00. The van der Waals surface area contributed by atoms with Crippen molar-refractivity contribution in [2.75, 3.05) is 11.9 Å². The van der Waals surface area contributed by atoms with Gasteiger partial charge in [0.05, 0.1) is 21.8 Å². The lowest BCUT2D eigenvalue weighted by Crippen LogP contribution is -2.35. The van der Waals surface area contributed by atoms with E-state index in [9.17, 15) is 4.79 Å². The molecule has 18 heavy (non-hydrogen) atoms. The Hall–Kier alpha value is -1.17. The van der Waals surface area contributed by atoms with Gasteiger partial charge in [-0.25, -0.2) is 4.98 Å². The van der Waals surface area contributed by atoms with E-state index in [1.165, 1.54) is 0 Å². The number of rotatable bonds is 2. The number of hydrogen-bond acceptors (Lipinski definition) is 4. The zero-order chi connectivity index (χ0) is 11.7. The van der Waals surface area contributed by atoms with Crippen molar-refractivity contribution in [3.8, 4) is 0 Å². The van der Waals surface area contributed by atoms with Crippen molar-refractivity contribution in [3.63, 3.8) is 0 Å². The lowest BCUT2D eigenvalue weighted by Gasteiger charge is -2.10. The number of carbonyl (C=O) groups is 1. The molecule has 0 saturated carbocycles. The van der Waals surface area contributed by atoms with Gasteiger partial charge in [-0.1, -0.05) is 0 Å². The number of anilines is 1. The number of thiazole rings is 1. The number of benzene rings is 1. The Bertz CT molecular complexity index is 551. The second-order valence-electron chi connectivity index (χ2n) is 4.17.